The predicted molar refractivity (Wildman–Crippen MR) is 196 cm³/mol. The van der Waals surface area contributed by atoms with Crippen LogP contribution in [0, 0.1) is 0 Å². The van der Waals surface area contributed by atoms with Gasteiger partial charge in [-0.2, -0.15) is 0 Å². The molecule has 2 amide bonds. The van der Waals surface area contributed by atoms with Gasteiger partial charge in [0.05, 0.1) is 25.4 Å². The molecule has 0 unspecified atom stereocenters. The summed E-state index contributed by atoms with van der Waals surface area (Å²) >= 11 is 0. The molecule has 0 spiro atoms. The third-order valence-corrected chi connectivity index (χ3v) is 9.78. The summed E-state index contributed by atoms with van der Waals surface area (Å²) in [5.41, 5.74) is 1.38. The summed E-state index contributed by atoms with van der Waals surface area (Å²) < 4.78 is 30.2. The van der Waals surface area contributed by atoms with Crippen molar-refractivity contribution >= 4 is 23.9 Å². The molecule has 0 saturated carbocycles. The molecule has 4 rings (SSSR count). The van der Waals surface area contributed by atoms with Crippen molar-refractivity contribution in [1.82, 2.24) is 10.6 Å². The lowest BCUT2D eigenvalue weighted by Crippen LogP contribution is -2.59. The summed E-state index contributed by atoms with van der Waals surface area (Å²) in [7, 11) is 0. The Kier molecular flexibility index (Phi) is 17.5. The SMILES string of the molecule is CCCCCC1(CCCCC)O[C@@H]2[C@@H](C=C(C(=O)NCCC(=O)NCCO)C[C@H]2OC(=O)c2ccc(C=CCO[C@H]3O[C@H](CO)[C@H](O)[C@H](O)[C@H]3O)cc2)O1. The first-order chi connectivity index (χ1) is 26.0. The average molecular weight is 763 g/mol. The number of hydrogen-bond acceptors (Lipinski definition) is 13. The molecule has 302 valence electrons. The van der Waals surface area contributed by atoms with Gasteiger partial charge in [-0.3, -0.25) is 9.59 Å². The van der Waals surface area contributed by atoms with Crippen molar-refractivity contribution in [2.24, 2.45) is 0 Å². The van der Waals surface area contributed by atoms with Crippen molar-refractivity contribution in [3.05, 3.63) is 53.1 Å². The van der Waals surface area contributed by atoms with Crippen LogP contribution in [0.4, 0.5) is 0 Å². The summed E-state index contributed by atoms with van der Waals surface area (Å²) in [6.07, 6.45) is 3.61. The number of carbonyl (C=O) groups excluding carboxylic acids is 3. The summed E-state index contributed by atoms with van der Waals surface area (Å²) in [5.74, 6) is -2.15. The van der Waals surface area contributed by atoms with Gasteiger partial charge in [0.2, 0.25) is 11.8 Å². The number of nitrogens with one attached hydrogen (secondary N) is 2. The topological polar surface area (TPSA) is 223 Å². The lowest BCUT2D eigenvalue weighted by atomic mass is 9.91. The van der Waals surface area contributed by atoms with E-state index in [2.05, 4.69) is 24.5 Å². The zero-order valence-corrected chi connectivity index (χ0v) is 31.3. The molecule has 2 aliphatic heterocycles. The maximum Gasteiger partial charge on any atom is 0.338 e. The lowest BCUT2D eigenvalue weighted by molar-refractivity contribution is -0.298. The highest BCUT2D eigenvalue weighted by atomic mass is 16.8. The van der Waals surface area contributed by atoms with Gasteiger partial charge in [-0.25, -0.2) is 4.79 Å². The molecule has 2 saturated heterocycles. The van der Waals surface area contributed by atoms with E-state index in [1.165, 1.54) is 0 Å². The van der Waals surface area contributed by atoms with Gasteiger partial charge in [0.15, 0.2) is 12.1 Å². The summed E-state index contributed by atoms with van der Waals surface area (Å²) in [6, 6.07) is 6.64. The van der Waals surface area contributed by atoms with Gasteiger partial charge in [-0.05, 0) is 36.6 Å². The normalized spacial score (nSPS) is 27.6. The molecule has 2 fully saturated rings. The number of benzene rings is 1. The molecule has 1 aromatic carbocycles. The van der Waals surface area contributed by atoms with Gasteiger partial charge in [0.1, 0.15) is 42.7 Å². The zero-order valence-electron chi connectivity index (χ0n) is 31.3. The fourth-order valence-corrected chi connectivity index (χ4v) is 6.76. The Labute approximate surface area is 316 Å². The Morgan fingerprint density at radius 2 is 1.61 bits per heavy atom. The maximum atomic E-state index is 13.5. The van der Waals surface area contributed by atoms with E-state index in [9.17, 15) is 34.8 Å². The third-order valence-electron chi connectivity index (χ3n) is 9.78. The number of aliphatic hydroxyl groups excluding tert-OH is 5. The van der Waals surface area contributed by atoms with Crippen molar-refractivity contribution < 1.29 is 63.6 Å². The minimum absolute atomic E-state index is 0.0164. The van der Waals surface area contributed by atoms with Crippen LogP contribution in [-0.4, -0.2) is 131 Å². The van der Waals surface area contributed by atoms with Crippen LogP contribution >= 0.6 is 0 Å². The summed E-state index contributed by atoms with van der Waals surface area (Å²) in [5, 5.41) is 53.7. The number of unbranched alkanes of at least 4 members (excludes halogenated alkanes) is 4. The van der Waals surface area contributed by atoms with Crippen LogP contribution in [0.15, 0.2) is 42.0 Å². The van der Waals surface area contributed by atoms with Gasteiger partial charge < -0.3 is 59.9 Å². The Hall–Kier alpha value is -3.25. The molecular formula is C39H58N2O13. The largest absolute Gasteiger partial charge is 0.456 e. The quantitative estimate of drug-likeness (QED) is 0.0700. The second-order valence-electron chi connectivity index (χ2n) is 14.0. The monoisotopic (exact) mass is 762 g/mol. The third kappa shape index (κ3) is 12.1. The molecule has 0 radical (unpaired) electrons. The number of carbonyl (C=O) groups is 3. The molecular weight excluding hydrogens is 704 g/mol. The van der Waals surface area contributed by atoms with Crippen molar-refractivity contribution in [2.75, 3.05) is 32.9 Å². The van der Waals surface area contributed by atoms with Crippen molar-refractivity contribution in [1.29, 1.82) is 0 Å². The van der Waals surface area contributed by atoms with E-state index in [1.807, 2.05) is 0 Å². The van der Waals surface area contributed by atoms with Gasteiger partial charge in [-0.1, -0.05) is 63.8 Å². The zero-order chi connectivity index (χ0) is 39.1. The predicted octanol–water partition coefficient (Wildman–Crippen LogP) is 1.63. The minimum atomic E-state index is -1.54. The fourth-order valence-electron chi connectivity index (χ4n) is 6.76. The van der Waals surface area contributed by atoms with Gasteiger partial charge in [0, 0.05) is 44.3 Å². The van der Waals surface area contributed by atoms with Crippen LogP contribution in [-0.2, 0) is 33.3 Å². The molecule has 15 heteroatoms. The van der Waals surface area contributed by atoms with Crippen molar-refractivity contribution in [3.63, 3.8) is 0 Å². The van der Waals surface area contributed by atoms with Crippen LogP contribution in [0.3, 0.4) is 0 Å². The Morgan fingerprint density at radius 1 is 0.907 bits per heavy atom. The fraction of sp³-hybridized carbons (Fsp3) is 0.667. The number of rotatable bonds is 21. The molecule has 3 aliphatic rings. The number of fused-ring (bicyclic) bond motifs is 1. The van der Waals surface area contributed by atoms with Gasteiger partial charge in [0.25, 0.3) is 0 Å². The van der Waals surface area contributed by atoms with Crippen LogP contribution in [0.5, 0.6) is 0 Å². The Morgan fingerprint density at radius 3 is 2.26 bits per heavy atom. The van der Waals surface area contributed by atoms with E-state index in [0.29, 0.717) is 18.4 Å². The molecule has 0 aromatic heterocycles. The number of esters is 1. The highest BCUT2D eigenvalue weighted by Crippen LogP contribution is 2.43. The minimum Gasteiger partial charge on any atom is -0.456 e. The van der Waals surface area contributed by atoms with Gasteiger partial charge in [-0.15, -0.1) is 0 Å². The van der Waals surface area contributed by atoms with E-state index in [-0.39, 0.29) is 50.6 Å². The molecule has 1 aromatic rings. The number of ether oxygens (including phenoxy) is 5. The molecule has 8 atom stereocenters. The smallest absolute Gasteiger partial charge is 0.338 e. The molecule has 2 heterocycles. The van der Waals surface area contributed by atoms with E-state index >= 15 is 0 Å². The highest BCUT2D eigenvalue weighted by molar-refractivity contribution is 5.94. The molecule has 15 nitrogen and oxygen atoms in total. The van der Waals surface area contributed by atoms with Crippen molar-refractivity contribution in [2.45, 2.75) is 133 Å². The maximum absolute atomic E-state index is 13.5. The van der Waals surface area contributed by atoms with Crippen LogP contribution in [0.1, 0.15) is 94.0 Å². The standard InChI is InChI=1S/C39H58N2O13/c1-3-5-7-16-39(17-8-6-4-2)53-29-23-27(36(48)41-18-15-31(44)40-19-20-42)22-28(35(29)54-39)51-37(49)26-13-11-25(12-14-26)10-9-21-50-38-34(47)33(46)32(45)30(24-43)52-38/h9-14,23,28-30,32-35,38,42-43,45-47H,3-8,15-22,24H2,1-2H3,(H,40,44)(H,41,48)/t28-,29-,30-,32+,33+,34-,35+,38+/m1/s1. The van der Waals surface area contributed by atoms with Crippen LogP contribution < -0.4 is 10.6 Å². The highest BCUT2D eigenvalue weighted by Gasteiger charge is 2.52. The second kappa shape index (κ2) is 21.7. The summed E-state index contributed by atoms with van der Waals surface area (Å²) in [6.45, 7) is 3.72. The lowest BCUT2D eigenvalue weighted by Gasteiger charge is -2.39. The first-order valence-electron chi connectivity index (χ1n) is 19.2. The first kappa shape index (κ1) is 43.5. The van der Waals surface area contributed by atoms with E-state index in [4.69, 9.17) is 28.8 Å². The van der Waals surface area contributed by atoms with E-state index < -0.39 is 73.3 Å². The Bertz CT molecular complexity index is 1390. The Balaban J connectivity index is 1.42. The molecule has 0 bridgehead atoms. The first-order valence-corrected chi connectivity index (χ1v) is 19.2. The second-order valence-corrected chi connectivity index (χ2v) is 14.0. The number of amides is 2. The van der Waals surface area contributed by atoms with Crippen LogP contribution in [0.25, 0.3) is 6.08 Å². The molecule has 1 aliphatic carbocycles. The average Bonchev–Trinajstić information content (AvgIpc) is 3.54. The summed E-state index contributed by atoms with van der Waals surface area (Å²) in [4.78, 5) is 38.8. The van der Waals surface area contributed by atoms with Crippen LogP contribution in [0.2, 0.25) is 0 Å². The van der Waals surface area contributed by atoms with Crippen molar-refractivity contribution in [3.8, 4) is 0 Å². The molecule has 7 N–H and O–H groups in total. The number of hydrogen-bond donors (Lipinski definition) is 7. The van der Waals surface area contributed by atoms with E-state index in [1.54, 1.807) is 42.5 Å². The number of aliphatic hydroxyl groups is 5. The van der Waals surface area contributed by atoms with E-state index in [0.717, 1.165) is 44.1 Å². The van der Waals surface area contributed by atoms with Gasteiger partial charge >= 0.3 is 5.97 Å². The molecule has 54 heavy (non-hydrogen) atoms.